The van der Waals surface area contributed by atoms with Gasteiger partial charge in [-0.1, -0.05) is 6.58 Å². The summed E-state index contributed by atoms with van der Waals surface area (Å²) in [6.45, 7) is 13.0. The van der Waals surface area contributed by atoms with Crippen LogP contribution in [0.25, 0.3) is 0 Å². The molecule has 0 bridgehead atoms. The van der Waals surface area contributed by atoms with Crippen molar-refractivity contribution in [1.29, 1.82) is 0 Å². The van der Waals surface area contributed by atoms with Crippen LogP contribution in [0.15, 0.2) is 12.7 Å². The van der Waals surface area contributed by atoms with E-state index >= 15 is 0 Å². The summed E-state index contributed by atoms with van der Waals surface area (Å²) in [5, 5.41) is 9.46. The Balaban J connectivity index is 2.60. The molecule has 0 aliphatic carbocycles. The zero-order valence-corrected chi connectivity index (χ0v) is 11.1. The first-order valence-corrected chi connectivity index (χ1v) is 6.13. The molecule has 0 radical (unpaired) electrons. The van der Waals surface area contributed by atoms with Crippen molar-refractivity contribution < 1.29 is 9.90 Å². The first kappa shape index (κ1) is 14.4. The van der Waals surface area contributed by atoms with Gasteiger partial charge in [-0.05, 0) is 26.8 Å². The molecular weight excluding hydrogens is 216 g/mol. The third-order valence-electron chi connectivity index (χ3n) is 3.25. The number of piperazine rings is 1. The number of hydrogen-bond donors (Lipinski definition) is 1. The average Bonchev–Trinajstić information content (AvgIpc) is 2.27. The second-order valence-electron chi connectivity index (χ2n) is 5.61. The first-order valence-electron chi connectivity index (χ1n) is 6.13. The quantitative estimate of drug-likeness (QED) is 0.728. The Labute approximate surface area is 104 Å². The van der Waals surface area contributed by atoms with E-state index in [1.807, 2.05) is 0 Å². The van der Waals surface area contributed by atoms with Crippen LogP contribution >= 0.6 is 0 Å². The van der Waals surface area contributed by atoms with Crippen molar-refractivity contribution in [2.45, 2.75) is 32.4 Å². The van der Waals surface area contributed by atoms with Crippen molar-refractivity contribution in [3.8, 4) is 0 Å². The highest BCUT2D eigenvalue weighted by Gasteiger charge is 2.33. The molecule has 1 aliphatic rings. The van der Waals surface area contributed by atoms with Crippen LogP contribution in [0.3, 0.4) is 0 Å². The number of nitrogens with zero attached hydrogens (tertiary/aromatic N) is 2. The maximum absolute atomic E-state index is 11.3. The maximum Gasteiger partial charge on any atom is 0.169 e. The normalized spacial score (nSPS) is 23.6. The molecular formula is C13H24N2O2. The van der Waals surface area contributed by atoms with Gasteiger partial charge >= 0.3 is 0 Å². The Morgan fingerprint density at radius 2 is 2.12 bits per heavy atom. The van der Waals surface area contributed by atoms with Gasteiger partial charge < -0.3 is 5.11 Å². The van der Waals surface area contributed by atoms with E-state index in [2.05, 4.69) is 37.1 Å². The van der Waals surface area contributed by atoms with Gasteiger partial charge in [-0.3, -0.25) is 14.6 Å². The molecule has 4 heteroatoms. The molecule has 1 saturated heterocycles. The number of carbonyl (C=O) groups is 1. The molecule has 0 amide bonds. The van der Waals surface area contributed by atoms with Gasteiger partial charge in [-0.15, -0.1) is 0 Å². The lowest BCUT2D eigenvalue weighted by molar-refractivity contribution is -0.117. The lowest BCUT2D eigenvalue weighted by Gasteiger charge is -2.47. The van der Waals surface area contributed by atoms with Crippen molar-refractivity contribution in [1.82, 2.24) is 9.80 Å². The Morgan fingerprint density at radius 3 is 2.59 bits per heavy atom. The van der Waals surface area contributed by atoms with Crippen LogP contribution in [0.4, 0.5) is 0 Å². The third-order valence-corrected chi connectivity index (χ3v) is 3.25. The van der Waals surface area contributed by atoms with E-state index in [1.54, 1.807) is 0 Å². The number of rotatable bonds is 4. The maximum atomic E-state index is 11.3. The van der Waals surface area contributed by atoms with Gasteiger partial charge in [0.25, 0.3) is 0 Å². The monoisotopic (exact) mass is 240 g/mol. The highest BCUT2D eigenvalue weighted by atomic mass is 16.3. The second-order valence-corrected chi connectivity index (χ2v) is 5.61. The van der Waals surface area contributed by atoms with E-state index in [0.29, 0.717) is 6.54 Å². The first-order chi connectivity index (χ1) is 7.88. The fourth-order valence-corrected chi connectivity index (χ4v) is 2.39. The molecule has 17 heavy (non-hydrogen) atoms. The zero-order chi connectivity index (χ0) is 13.1. The van der Waals surface area contributed by atoms with Crippen molar-refractivity contribution in [2.75, 3.05) is 32.8 Å². The summed E-state index contributed by atoms with van der Waals surface area (Å²) < 4.78 is 0. The van der Waals surface area contributed by atoms with Crippen molar-refractivity contribution in [2.24, 2.45) is 0 Å². The highest BCUT2D eigenvalue weighted by Crippen LogP contribution is 2.20. The van der Waals surface area contributed by atoms with Crippen molar-refractivity contribution in [3.05, 3.63) is 12.7 Å². The minimum absolute atomic E-state index is 0.0471. The van der Waals surface area contributed by atoms with Crippen LogP contribution in [0, 0.1) is 0 Å². The standard InChI is InChI=1S/C13H24N2O2/c1-5-12(17)9-14-6-7-15(13(2,3)4)11(8-14)10-16/h5,11,16H,1,6-10H2,2-4H3/t11-/m0/s1. The van der Waals surface area contributed by atoms with E-state index in [0.717, 1.165) is 19.6 Å². The average molecular weight is 240 g/mol. The molecule has 98 valence electrons. The van der Waals surface area contributed by atoms with Gasteiger partial charge in [-0.2, -0.15) is 0 Å². The van der Waals surface area contributed by atoms with E-state index in [4.69, 9.17) is 0 Å². The second kappa shape index (κ2) is 5.76. The fraction of sp³-hybridized carbons (Fsp3) is 0.769. The van der Waals surface area contributed by atoms with Crippen molar-refractivity contribution >= 4 is 5.78 Å². The minimum atomic E-state index is 0.0471. The Morgan fingerprint density at radius 1 is 1.47 bits per heavy atom. The van der Waals surface area contributed by atoms with Crippen molar-refractivity contribution in [3.63, 3.8) is 0 Å². The smallest absolute Gasteiger partial charge is 0.169 e. The van der Waals surface area contributed by atoms with Gasteiger partial charge in [0.1, 0.15) is 0 Å². The number of aliphatic hydroxyl groups excluding tert-OH is 1. The highest BCUT2D eigenvalue weighted by molar-refractivity contribution is 5.90. The molecule has 1 heterocycles. The molecule has 0 saturated carbocycles. The van der Waals surface area contributed by atoms with Gasteiger partial charge in [0, 0.05) is 31.2 Å². The van der Waals surface area contributed by atoms with Gasteiger partial charge in [0.05, 0.1) is 13.2 Å². The predicted molar refractivity (Wildman–Crippen MR) is 69.0 cm³/mol. The molecule has 0 spiro atoms. The fourth-order valence-electron chi connectivity index (χ4n) is 2.39. The van der Waals surface area contributed by atoms with E-state index in [-0.39, 0.29) is 24.0 Å². The van der Waals surface area contributed by atoms with Gasteiger partial charge in [0.2, 0.25) is 0 Å². The van der Waals surface area contributed by atoms with Crippen LogP contribution in [-0.4, -0.2) is 65.1 Å². The van der Waals surface area contributed by atoms with Crippen LogP contribution in [-0.2, 0) is 4.79 Å². The van der Waals surface area contributed by atoms with Gasteiger partial charge in [-0.25, -0.2) is 0 Å². The lowest BCUT2D eigenvalue weighted by atomic mass is 10.0. The number of ketones is 1. The largest absolute Gasteiger partial charge is 0.395 e. The summed E-state index contributed by atoms with van der Waals surface area (Å²) in [4.78, 5) is 15.7. The molecule has 0 unspecified atom stereocenters. The summed E-state index contributed by atoms with van der Waals surface area (Å²) in [5.41, 5.74) is 0.0575. The summed E-state index contributed by atoms with van der Waals surface area (Å²) in [6, 6.07) is 0.112. The number of carbonyl (C=O) groups excluding carboxylic acids is 1. The third kappa shape index (κ3) is 3.91. The van der Waals surface area contributed by atoms with Gasteiger partial charge in [0.15, 0.2) is 5.78 Å². The molecule has 0 aromatic rings. The molecule has 1 aliphatic heterocycles. The summed E-state index contributed by atoms with van der Waals surface area (Å²) in [7, 11) is 0. The van der Waals surface area contributed by atoms with E-state index in [9.17, 15) is 9.90 Å². The van der Waals surface area contributed by atoms with E-state index < -0.39 is 0 Å². The predicted octanol–water partition coefficient (Wildman–Crippen LogP) is 0.518. The molecule has 0 aromatic carbocycles. The summed E-state index contributed by atoms with van der Waals surface area (Å²) in [6.07, 6.45) is 1.37. The molecule has 1 rings (SSSR count). The molecule has 1 atom stereocenters. The van der Waals surface area contributed by atoms with Crippen LogP contribution in [0.2, 0.25) is 0 Å². The van der Waals surface area contributed by atoms with Crippen LogP contribution in [0.1, 0.15) is 20.8 Å². The molecule has 0 aromatic heterocycles. The number of hydrogen-bond acceptors (Lipinski definition) is 4. The Hall–Kier alpha value is -0.710. The Bertz CT molecular complexity index is 284. The Kier molecular flexibility index (Phi) is 4.86. The molecule has 1 N–H and O–H groups in total. The molecule has 4 nitrogen and oxygen atoms in total. The molecule has 1 fully saturated rings. The minimum Gasteiger partial charge on any atom is -0.395 e. The van der Waals surface area contributed by atoms with Crippen LogP contribution in [0.5, 0.6) is 0 Å². The zero-order valence-electron chi connectivity index (χ0n) is 11.1. The summed E-state index contributed by atoms with van der Waals surface area (Å²) in [5.74, 6) is 0.0471. The number of aliphatic hydroxyl groups is 1. The summed E-state index contributed by atoms with van der Waals surface area (Å²) >= 11 is 0. The van der Waals surface area contributed by atoms with Crippen LogP contribution < -0.4 is 0 Å². The van der Waals surface area contributed by atoms with E-state index in [1.165, 1.54) is 6.08 Å². The lowest BCUT2D eigenvalue weighted by Crippen LogP contribution is -2.60. The topological polar surface area (TPSA) is 43.8 Å². The SMILES string of the molecule is C=CC(=O)CN1CCN(C(C)(C)C)[C@H](CO)C1.